The van der Waals surface area contributed by atoms with Gasteiger partial charge in [-0.3, -0.25) is 0 Å². The van der Waals surface area contributed by atoms with Gasteiger partial charge in [0, 0.05) is 19.6 Å². The van der Waals surface area contributed by atoms with Crippen molar-refractivity contribution in [3.8, 4) is 11.5 Å². The van der Waals surface area contributed by atoms with Crippen molar-refractivity contribution in [2.45, 2.75) is 19.7 Å². The van der Waals surface area contributed by atoms with Crippen molar-refractivity contribution in [1.82, 2.24) is 9.88 Å². The van der Waals surface area contributed by atoms with Gasteiger partial charge in [0.25, 0.3) is 6.01 Å². The predicted molar refractivity (Wildman–Crippen MR) is 142 cm³/mol. The Morgan fingerprint density at radius 2 is 1.32 bits per heavy atom. The van der Waals surface area contributed by atoms with Crippen LogP contribution in [0.15, 0.2) is 59.2 Å². The fourth-order valence-corrected chi connectivity index (χ4v) is 3.55. The zero-order valence-electron chi connectivity index (χ0n) is 22.4. The van der Waals surface area contributed by atoms with Crippen molar-refractivity contribution in [2.24, 2.45) is 0 Å². The monoisotopic (exact) mass is 513 g/mol. The van der Waals surface area contributed by atoms with Crippen LogP contribution in [0.4, 0.5) is 6.01 Å². The Bertz CT molecular complexity index is 993. The summed E-state index contributed by atoms with van der Waals surface area (Å²) in [4.78, 5) is 8.84. The largest absolute Gasteiger partial charge is 0.497 e. The van der Waals surface area contributed by atoms with Gasteiger partial charge >= 0.3 is 0 Å². The molecule has 3 rings (SSSR count). The lowest BCUT2D eigenvalue weighted by atomic mass is 10.1. The molecule has 0 saturated carbocycles. The zero-order chi connectivity index (χ0) is 26.3. The molecular weight excluding hydrogens is 474 g/mol. The molecule has 0 atom stereocenters. The summed E-state index contributed by atoms with van der Waals surface area (Å²) in [6.45, 7) is 5.24. The van der Waals surface area contributed by atoms with Gasteiger partial charge in [-0.15, -0.1) is 0 Å². The molecule has 0 bridgehead atoms. The number of nitrogens with zero attached hydrogens (tertiary/aromatic N) is 3. The van der Waals surface area contributed by atoms with Gasteiger partial charge in [-0.1, -0.05) is 24.3 Å². The number of hydrogen-bond donors (Lipinski definition) is 0. The Kier molecular flexibility index (Phi) is 12.2. The maximum atomic E-state index is 5.86. The van der Waals surface area contributed by atoms with Crippen LogP contribution in [-0.2, 0) is 33.9 Å². The van der Waals surface area contributed by atoms with Crippen LogP contribution in [0.2, 0.25) is 0 Å². The number of aromatic nitrogens is 1. The molecule has 3 aromatic rings. The van der Waals surface area contributed by atoms with Gasteiger partial charge in [-0.05, 0) is 49.5 Å². The predicted octanol–water partition coefficient (Wildman–Crippen LogP) is 4.01. The molecule has 0 fully saturated rings. The Morgan fingerprint density at radius 3 is 1.89 bits per heavy atom. The normalized spacial score (nSPS) is 11.2. The third kappa shape index (κ3) is 10.4. The molecule has 2 aromatic carbocycles. The van der Waals surface area contributed by atoms with Gasteiger partial charge < -0.3 is 37.9 Å². The van der Waals surface area contributed by atoms with E-state index in [0.717, 1.165) is 34.9 Å². The van der Waals surface area contributed by atoms with E-state index < -0.39 is 0 Å². The Morgan fingerprint density at radius 1 is 0.757 bits per heavy atom. The molecule has 0 unspecified atom stereocenters. The summed E-state index contributed by atoms with van der Waals surface area (Å²) in [5.74, 6) is 1.62. The van der Waals surface area contributed by atoms with Crippen LogP contribution < -0.4 is 14.4 Å². The Balaban J connectivity index is 1.52. The zero-order valence-corrected chi connectivity index (χ0v) is 22.4. The van der Waals surface area contributed by atoms with E-state index in [4.69, 9.17) is 28.1 Å². The van der Waals surface area contributed by atoms with E-state index in [2.05, 4.69) is 26.9 Å². The molecule has 0 aliphatic heterocycles. The minimum absolute atomic E-state index is 0.346. The number of oxazole rings is 1. The van der Waals surface area contributed by atoms with Gasteiger partial charge in [0.15, 0.2) is 0 Å². The van der Waals surface area contributed by atoms with Crippen LogP contribution in [0.1, 0.15) is 16.8 Å². The Hall–Kier alpha value is -3.11. The second kappa shape index (κ2) is 15.9. The highest BCUT2D eigenvalue weighted by Crippen LogP contribution is 2.23. The molecule has 9 nitrogen and oxygen atoms in total. The van der Waals surface area contributed by atoms with Crippen molar-refractivity contribution in [1.29, 1.82) is 0 Å². The lowest BCUT2D eigenvalue weighted by molar-refractivity contribution is 0.00815. The molecule has 0 saturated heterocycles. The van der Waals surface area contributed by atoms with Crippen molar-refractivity contribution < 1.29 is 28.1 Å². The first-order chi connectivity index (χ1) is 18.1. The van der Waals surface area contributed by atoms with E-state index in [9.17, 15) is 0 Å². The lowest BCUT2D eigenvalue weighted by Gasteiger charge is -2.21. The maximum absolute atomic E-state index is 5.86. The fraction of sp³-hybridized carbons (Fsp3) is 0.464. The van der Waals surface area contributed by atoms with Crippen LogP contribution in [0.25, 0.3) is 0 Å². The number of methoxy groups -OCH3 is 2. The van der Waals surface area contributed by atoms with Gasteiger partial charge in [0.05, 0.1) is 53.9 Å². The molecule has 0 N–H and O–H groups in total. The summed E-state index contributed by atoms with van der Waals surface area (Å²) >= 11 is 0. The highest BCUT2D eigenvalue weighted by atomic mass is 16.5. The molecule has 0 amide bonds. The van der Waals surface area contributed by atoms with E-state index in [0.29, 0.717) is 58.7 Å². The summed E-state index contributed by atoms with van der Waals surface area (Å²) in [5.41, 5.74) is 2.89. The number of anilines is 1. The second-order valence-corrected chi connectivity index (χ2v) is 8.76. The lowest BCUT2D eigenvalue weighted by Crippen LogP contribution is -2.22. The van der Waals surface area contributed by atoms with Gasteiger partial charge in [0.1, 0.15) is 23.5 Å². The quantitative estimate of drug-likeness (QED) is 0.234. The Labute approximate surface area is 219 Å². The maximum Gasteiger partial charge on any atom is 0.298 e. The van der Waals surface area contributed by atoms with Crippen molar-refractivity contribution in [3.63, 3.8) is 0 Å². The molecule has 0 aliphatic carbocycles. The minimum Gasteiger partial charge on any atom is -0.497 e. The van der Waals surface area contributed by atoms with Gasteiger partial charge in [0.2, 0.25) is 0 Å². The fourth-order valence-electron chi connectivity index (χ4n) is 3.55. The molecule has 37 heavy (non-hydrogen) atoms. The number of benzene rings is 2. The van der Waals surface area contributed by atoms with Crippen LogP contribution in [0, 0.1) is 0 Å². The van der Waals surface area contributed by atoms with Crippen molar-refractivity contribution in [3.05, 3.63) is 71.6 Å². The average Bonchev–Trinajstić information content (AvgIpc) is 3.38. The minimum atomic E-state index is 0.346. The van der Waals surface area contributed by atoms with Gasteiger partial charge in [-0.2, -0.15) is 4.98 Å². The summed E-state index contributed by atoms with van der Waals surface area (Å²) in [7, 11) is 7.37. The molecule has 1 aromatic heterocycles. The highest BCUT2D eigenvalue weighted by Gasteiger charge is 2.16. The second-order valence-electron chi connectivity index (χ2n) is 8.76. The number of ether oxygens (including phenoxy) is 5. The van der Waals surface area contributed by atoms with Gasteiger partial charge in [-0.25, -0.2) is 0 Å². The van der Waals surface area contributed by atoms with Crippen LogP contribution in [0.3, 0.4) is 0 Å². The van der Waals surface area contributed by atoms with Crippen LogP contribution >= 0.6 is 0 Å². The molecular formula is C28H39N3O6. The summed E-state index contributed by atoms with van der Waals surface area (Å²) in [6.07, 6.45) is 1.64. The van der Waals surface area contributed by atoms with Crippen molar-refractivity contribution in [2.75, 3.05) is 72.8 Å². The molecule has 9 heteroatoms. The van der Waals surface area contributed by atoms with Crippen LogP contribution in [-0.4, -0.2) is 77.8 Å². The van der Waals surface area contributed by atoms with E-state index in [-0.39, 0.29) is 0 Å². The first-order valence-corrected chi connectivity index (χ1v) is 12.4. The number of likely N-dealkylation sites (N-methyl/N-ethyl adjacent to an activating group) is 1. The topological polar surface area (TPSA) is 78.7 Å². The third-order valence-corrected chi connectivity index (χ3v) is 5.50. The smallest absolute Gasteiger partial charge is 0.298 e. The third-order valence-electron chi connectivity index (χ3n) is 5.50. The average molecular weight is 514 g/mol. The van der Waals surface area contributed by atoms with E-state index in [1.54, 1.807) is 20.5 Å². The molecule has 0 spiro atoms. The number of rotatable bonds is 18. The summed E-state index contributed by atoms with van der Waals surface area (Å²) in [6, 6.07) is 16.5. The highest BCUT2D eigenvalue weighted by molar-refractivity contribution is 5.37. The van der Waals surface area contributed by atoms with Crippen LogP contribution in [0.5, 0.6) is 11.5 Å². The molecule has 1 heterocycles. The van der Waals surface area contributed by atoms with E-state index in [1.807, 2.05) is 50.5 Å². The van der Waals surface area contributed by atoms with E-state index >= 15 is 0 Å². The number of hydrogen-bond acceptors (Lipinski definition) is 9. The summed E-state index contributed by atoms with van der Waals surface area (Å²) < 4.78 is 33.4. The first kappa shape index (κ1) is 28.5. The molecule has 0 aliphatic rings. The standard InChI is InChI=1S/C28H39N3O6/c1-30(2)11-12-34-13-14-35-15-16-36-21-25-22-37-28(29-25)31(19-23-7-5-9-26(17-23)32-3)20-24-8-6-10-27(18-24)33-4/h5-10,17-18,22H,11-16,19-21H2,1-4H3. The molecule has 0 radical (unpaired) electrons. The first-order valence-electron chi connectivity index (χ1n) is 12.4. The van der Waals surface area contributed by atoms with Crippen molar-refractivity contribution >= 4 is 6.01 Å². The van der Waals surface area contributed by atoms with E-state index in [1.165, 1.54) is 0 Å². The summed E-state index contributed by atoms with van der Waals surface area (Å²) in [5, 5.41) is 0. The molecule has 202 valence electrons. The SMILES string of the molecule is COc1cccc(CN(Cc2cccc(OC)c2)c2nc(COCCOCCOCCN(C)C)co2)c1.